The van der Waals surface area contributed by atoms with Crippen molar-refractivity contribution in [2.45, 2.75) is 72.4 Å². The van der Waals surface area contributed by atoms with Crippen LogP contribution in [0.4, 0.5) is 4.79 Å². The lowest BCUT2D eigenvalue weighted by Crippen LogP contribution is -2.54. The van der Waals surface area contributed by atoms with Crippen LogP contribution in [0.5, 0.6) is 0 Å². The molecule has 0 aromatic rings. The number of urea groups is 1. The van der Waals surface area contributed by atoms with E-state index < -0.39 is 23.5 Å². The lowest BCUT2D eigenvalue weighted by Gasteiger charge is -2.29. The maximum atomic E-state index is 12.8. The number of ketones is 1. The Hall–Kier alpha value is -1.63. The zero-order chi connectivity index (χ0) is 18.9. The number of rotatable bonds is 10. The molecule has 0 heterocycles. The first-order chi connectivity index (χ1) is 11.0. The summed E-state index contributed by atoms with van der Waals surface area (Å²) in [6, 6.07) is -1.07. The second-order valence-electron chi connectivity index (χ2n) is 7.54. The van der Waals surface area contributed by atoms with Crippen LogP contribution in [0.25, 0.3) is 0 Å². The van der Waals surface area contributed by atoms with Crippen molar-refractivity contribution in [3.05, 3.63) is 0 Å². The second-order valence-corrected chi connectivity index (χ2v) is 7.54. The number of hydrogen-bond acceptors (Lipinski definition) is 4. The topological polar surface area (TPSA) is 98.7 Å². The SMILES string of the molecule is CCCC[C@H](CN(O)C=O)C(=O)[C@@H](NC(=O)NC(C)(C)C)C(C)C. The van der Waals surface area contributed by atoms with E-state index in [2.05, 4.69) is 10.6 Å². The van der Waals surface area contributed by atoms with Crippen LogP contribution in [0.2, 0.25) is 0 Å². The molecule has 0 aliphatic carbocycles. The molecule has 0 rings (SSSR count). The lowest BCUT2D eigenvalue weighted by molar-refractivity contribution is -0.154. The van der Waals surface area contributed by atoms with Crippen LogP contribution in [-0.2, 0) is 9.59 Å². The summed E-state index contributed by atoms with van der Waals surface area (Å²) in [7, 11) is 0. The molecule has 0 bridgehead atoms. The summed E-state index contributed by atoms with van der Waals surface area (Å²) in [6.07, 6.45) is 2.56. The van der Waals surface area contributed by atoms with E-state index in [1.807, 2.05) is 41.5 Å². The van der Waals surface area contributed by atoms with Crippen molar-refractivity contribution in [3.8, 4) is 0 Å². The smallest absolute Gasteiger partial charge is 0.315 e. The predicted molar refractivity (Wildman–Crippen MR) is 92.6 cm³/mol. The fourth-order valence-corrected chi connectivity index (χ4v) is 2.38. The van der Waals surface area contributed by atoms with Gasteiger partial charge in [0.15, 0.2) is 5.78 Å². The summed E-state index contributed by atoms with van der Waals surface area (Å²) in [6.45, 7) is 11.2. The highest BCUT2D eigenvalue weighted by Crippen LogP contribution is 2.17. The summed E-state index contributed by atoms with van der Waals surface area (Å²) in [4.78, 5) is 35.6. The van der Waals surface area contributed by atoms with Gasteiger partial charge in [-0.1, -0.05) is 33.6 Å². The normalized spacial score (nSPS) is 14.0. The predicted octanol–water partition coefficient (Wildman–Crippen LogP) is 2.33. The lowest BCUT2D eigenvalue weighted by atomic mass is 9.87. The van der Waals surface area contributed by atoms with Crippen molar-refractivity contribution in [1.29, 1.82) is 0 Å². The van der Waals surface area contributed by atoms with E-state index in [-0.39, 0.29) is 24.7 Å². The van der Waals surface area contributed by atoms with Gasteiger partial charge in [-0.15, -0.1) is 0 Å². The molecule has 2 atom stereocenters. The van der Waals surface area contributed by atoms with Gasteiger partial charge in [0.05, 0.1) is 12.6 Å². The molecule has 0 saturated carbocycles. The molecule has 140 valence electrons. The summed E-state index contributed by atoms with van der Waals surface area (Å²) in [5.41, 5.74) is -0.407. The third kappa shape index (κ3) is 8.86. The van der Waals surface area contributed by atoms with Crippen molar-refractivity contribution in [2.75, 3.05) is 6.54 Å². The Labute approximate surface area is 145 Å². The average molecular weight is 343 g/mol. The van der Waals surface area contributed by atoms with Crippen LogP contribution >= 0.6 is 0 Å². The standard InChI is InChI=1S/C17H33N3O4/c1-7-8-9-13(10-20(24)11-21)15(22)14(12(2)3)18-16(23)19-17(4,5)6/h11-14,24H,7-10H2,1-6H3,(H2,18,19,23)/t13-,14+/m1/s1. The minimum Gasteiger partial charge on any atom is -0.334 e. The van der Waals surface area contributed by atoms with Crippen molar-refractivity contribution < 1.29 is 19.6 Å². The number of hydroxylamine groups is 2. The van der Waals surface area contributed by atoms with Crippen LogP contribution in [0, 0.1) is 11.8 Å². The Morgan fingerprint density at radius 1 is 1.25 bits per heavy atom. The third-order valence-electron chi connectivity index (χ3n) is 3.59. The summed E-state index contributed by atoms with van der Waals surface area (Å²) >= 11 is 0. The fourth-order valence-electron chi connectivity index (χ4n) is 2.38. The number of carbonyl (C=O) groups excluding carboxylic acids is 3. The molecule has 0 aliphatic heterocycles. The van der Waals surface area contributed by atoms with E-state index >= 15 is 0 Å². The molecule has 0 saturated heterocycles. The molecule has 7 nitrogen and oxygen atoms in total. The van der Waals surface area contributed by atoms with Gasteiger partial charge in [-0.2, -0.15) is 0 Å². The van der Waals surface area contributed by atoms with Crippen molar-refractivity contribution in [1.82, 2.24) is 15.7 Å². The Morgan fingerprint density at radius 3 is 2.25 bits per heavy atom. The van der Waals surface area contributed by atoms with Gasteiger partial charge in [0.25, 0.3) is 0 Å². The van der Waals surface area contributed by atoms with Crippen LogP contribution in [0.15, 0.2) is 0 Å². The first-order valence-corrected chi connectivity index (χ1v) is 8.55. The molecule has 7 heteroatoms. The maximum Gasteiger partial charge on any atom is 0.315 e. The fraction of sp³-hybridized carbons (Fsp3) is 0.824. The van der Waals surface area contributed by atoms with Crippen molar-refractivity contribution in [3.63, 3.8) is 0 Å². The number of hydrogen-bond donors (Lipinski definition) is 3. The van der Waals surface area contributed by atoms with Gasteiger partial charge < -0.3 is 10.6 Å². The maximum absolute atomic E-state index is 12.8. The molecule has 3 amide bonds. The van der Waals surface area contributed by atoms with Crippen LogP contribution in [0.1, 0.15) is 60.8 Å². The van der Waals surface area contributed by atoms with E-state index in [1.165, 1.54) is 0 Å². The molecular formula is C17H33N3O4. The molecule has 0 aliphatic rings. The number of unbranched alkanes of at least 4 members (excludes halogenated alkanes) is 1. The van der Waals surface area contributed by atoms with Gasteiger partial charge in [-0.25, -0.2) is 9.86 Å². The first-order valence-electron chi connectivity index (χ1n) is 8.55. The minimum atomic E-state index is -0.672. The molecular weight excluding hydrogens is 310 g/mol. The molecule has 3 N–H and O–H groups in total. The van der Waals surface area contributed by atoms with Gasteiger partial charge in [0, 0.05) is 11.5 Å². The van der Waals surface area contributed by atoms with Crippen molar-refractivity contribution in [2.24, 2.45) is 11.8 Å². The summed E-state index contributed by atoms with van der Waals surface area (Å²) in [5.74, 6) is -0.776. The molecule has 24 heavy (non-hydrogen) atoms. The van der Waals surface area contributed by atoms with Gasteiger partial charge in [-0.3, -0.25) is 14.8 Å². The van der Waals surface area contributed by atoms with Crippen LogP contribution in [0.3, 0.4) is 0 Å². The number of amides is 3. The number of carbonyl (C=O) groups is 3. The molecule has 0 radical (unpaired) electrons. The highest BCUT2D eigenvalue weighted by atomic mass is 16.5. The highest BCUT2D eigenvalue weighted by Gasteiger charge is 2.31. The molecule has 0 spiro atoms. The van der Waals surface area contributed by atoms with E-state index in [4.69, 9.17) is 0 Å². The average Bonchev–Trinajstić information content (AvgIpc) is 2.45. The van der Waals surface area contributed by atoms with Gasteiger partial charge in [0.1, 0.15) is 0 Å². The minimum absolute atomic E-state index is 0.0614. The molecule has 0 unspecified atom stereocenters. The number of Topliss-reactive ketones (excluding diaryl/α,β-unsaturated/α-hetero) is 1. The van der Waals surface area contributed by atoms with Crippen molar-refractivity contribution >= 4 is 18.2 Å². The second kappa shape index (κ2) is 10.3. The highest BCUT2D eigenvalue weighted by molar-refractivity contribution is 5.90. The number of nitrogens with zero attached hydrogens (tertiary/aromatic N) is 1. The molecule has 0 fully saturated rings. The molecule has 0 aromatic carbocycles. The third-order valence-corrected chi connectivity index (χ3v) is 3.59. The zero-order valence-corrected chi connectivity index (χ0v) is 15.8. The molecule has 0 aromatic heterocycles. The summed E-state index contributed by atoms with van der Waals surface area (Å²) in [5, 5.41) is 15.4. The first kappa shape index (κ1) is 22.4. The number of nitrogens with one attached hydrogen (secondary N) is 2. The quantitative estimate of drug-likeness (QED) is 0.322. The van der Waals surface area contributed by atoms with Gasteiger partial charge >= 0.3 is 6.03 Å². The monoisotopic (exact) mass is 343 g/mol. The zero-order valence-electron chi connectivity index (χ0n) is 15.8. The Balaban J connectivity index is 5.11. The van der Waals surface area contributed by atoms with Gasteiger partial charge in [-0.05, 0) is 33.1 Å². The summed E-state index contributed by atoms with van der Waals surface area (Å²) < 4.78 is 0. The Bertz CT molecular complexity index is 419. The Morgan fingerprint density at radius 2 is 1.83 bits per heavy atom. The van der Waals surface area contributed by atoms with Crippen LogP contribution in [-0.4, -0.2) is 46.6 Å². The van der Waals surface area contributed by atoms with E-state index in [1.54, 1.807) is 0 Å². The largest absolute Gasteiger partial charge is 0.334 e. The van der Waals surface area contributed by atoms with Gasteiger partial charge in [0.2, 0.25) is 6.41 Å². The van der Waals surface area contributed by atoms with E-state index in [0.29, 0.717) is 11.5 Å². The van der Waals surface area contributed by atoms with Crippen LogP contribution < -0.4 is 10.6 Å². The van der Waals surface area contributed by atoms with E-state index in [0.717, 1.165) is 12.8 Å². The van der Waals surface area contributed by atoms with E-state index in [9.17, 15) is 19.6 Å². The Kier molecular flexibility index (Phi) is 9.58.